The summed E-state index contributed by atoms with van der Waals surface area (Å²) in [5.74, 6) is -0.455. The van der Waals surface area contributed by atoms with Crippen molar-refractivity contribution in [2.24, 2.45) is 17.6 Å². The summed E-state index contributed by atoms with van der Waals surface area (Å²) in [6, 6.07) is 5.63. The molecule has 5 N–H and O–H groups in total. The lowest BCUT2D eigenvalue weighted by molar-refractivity contribution is -0.669. The molecular formula is C21H31ClFN6O2+. The largest absolute Gasteiger partial charge is 0.353 e. The van der Waals surface area contributed by atoms with Crippen LogP contribution < -0.4 is 21.7 Å². The molecule has 3 aliphatic heterocycles. The molecule has 0 aliphatic carbocycles. The molecule has 3 heterocycles. The van der Waals surface area contributed by atoms with Crippen molar-refractivity contribution in [3.8, 4) is 0 Å². The van der Waals surface area contributed by atoms with Crippen LogP contribution in [0.5, 0.6) is 0 Å². The van der Waals surface area contributed by atoms with Crippen LogP contribution in [0.2, 0.25) is 5.02 Å². The topological polar surface area (TPSA) is 102 Å². The maximum Gasteiger partial charge on any atom is 0.282 e. The highest BCUT2D eigenvalue weighted by atomic mass is 35.5. The Labute approximate surface area is 186 Å². The number of likely N-dealkylation sites (tertiary alicyclic amines) is 1. The van der Waals surface area contributed by atoms with E-state index in [2.05, 4.69) is 20.9 Å². The van der Waals surface area contributed by atoms with Crippen molar-refractivity contribution in [2.45, 2.75) is 31.3 Å². The van der Waals surface area contributed by atoms with E-state index >= 15 is 0 Å². The molecule has 4 atom stereocenters. The number of carbonyl (C=O) groups is 1. The third kappa shape index (κ3) is 4.47. The SMILES string of the molecule is Cc1ccc(C2NCC(CNC(=O)C3(F)CNC3)C(N3CCC(CN)C3)[N+]2=O)cc1Cl. The molecule has 0 radical (unpaired) electrons. The van der Waals surface area contributed by atoms with Crippen LogP contribution in [0.15, 0.2) is 18.2 Å². The molecule has 1 aromatic rings. The molecule has 170 valence electrons. The van der Waals surface area contributed by atoms with Gasteiger partial charge in [-0.2, -0.15) is 0 Å². The predicted octanol–water partition coefficient (Wildman–Crippen LogP) is 0.680. The molecule has 0 aromatic heterocycles. The first-order valence-electron chi connectivity index (χ1n) is 10.9. The highest BCUT2D eigenvalue weighted by Crippen LogP contribution is 2.31. The van der Waals surface area contributed by atoms with Crippen molar-refractivity contribution in [2.75, 3.05) is 45.8 Å². The maximum absolute atomic E-state index is 14.4. The fourth-order valence-electron chi connectivity index (χ4n) is 4.68. The van der Waals surface area contributed by atoms with E-state index in [0.717, 1.165) is 35.4 Å². The van der Waals surface area contributed by atoms with Gasteiger partial charge < -0.3 is 16.4 Å². The number of hydrogen-bond acceptors (Lipinski definition) is 6. The molecular weight excluding hydrogens is 423 g/mol. The molecule has 1 amide bonds. The average molecular weight is 454 g/mol. The summed E-state index contributed by atoms with van der Waals surface area (Å²) in [5, 5.41) is 9.43. The van der Waals surface area contributed by atoms with Crippen molar-refractivity contribution in [1.29, 1.82) is 0 Å². The molecule has 4 unspecified atom stereocenters. The fraction of sp³-hybridized carbons (Fsp3) is 0.667. The minimum atomic E-state index is -1.85. The van der Waals surface area contributed by atoms with Crippen LogP contribution >= 0.6 is 11.6 Å². The molecule has 3 fully saturated rings. The Bertz CT molecular complexity index is 851. The quantitative estimate of drug-likeness (QED) is 0.472. The smallest absolute Gasteiger partial charge is 0.282 e. The monoisotopic (exact) mass is 453 g/mol. The lowest BCUT2D eigenvalue weighted by Crippen LogP contribution is -2.66. The number of rotatable bonds is 6. The van der Waals surface area contributed by atoms with Gasteiger partial charge in [-0.1, -0.05) is 23.7 Å². The second kappa shape index (κ2) is 9.07. The van der Waals surface area contributed by atoms with E-state index in [4.69, 9.17) is 17.3 Å². The molecule has 0 spiro atoms. The van der Waals surface area contributed by atoms with Crippen LogP contribution in [0.1, 0.15) is 23.7 Å². The Balaban J connectivity index is 1.52. The van der Waals surface area contributed by atoms with Crippen LogP contribution in [-0.2, 0) is 4.79 Å². The minimum Gasteiger partial charge on any atom is -0.353 e. The lowest BCUT2D eigenvalue weighted by Gasteiger charge is -2.36. The molecule has 3 saturated heterocycles. The molecule has 8 nitrogen and oxygen atoms in total. The van der Waals surface area contributed by atoms with E-state index in [-0.39, 0.29) is 25.6 Å². The molecule has 4 rings (SSSR count). The Morgan fingerprint density at radius 1 is 1.45 bits per heavy atom. The predicted molar refractivity (Wildman–Crippen MR) is 116 cm³/mol. The first-order chi connectivity index (χ1) is 14.8. The molecule has 0 saturated carbocycles. The van der Waals surface area contributed by atoms with Crippen LogP contribution in [0.3, 0.4) is 0 Å². The number of benzene rings is 1. The zero-order valence-corrected chi connectivity index (χ0v) is 18.5. The lowest BCUT2D eigenvalue weighted by atomic mass is 9.96. The number of amides is 1. The molecule has 3 aliphatic rings. The van der Waals surface area contributed by atoms with Gasteiger partial charge in [-0.25, -0.2) is 9.29 Å². The number of nitrogens with two attached hydrogens (primary N) is 1. The Morgan fingerprint density at radius 3 is 2.84 bits per heavy atom. The summed E-state index contributed by atoms with van der Waals surface area (Å²) >= 11 is 6.30. The van der Waals surface area contributed by atoms with Crippen molar-refractivity contribution in [1.82, 2.24) is 20.9 Å². The minimum absolute atomic E-state index is 0.0272. The number of aryl methyl sites for hydroxylation is 1. The third-order valence-corrected chi connectivity index (χ3v) is 7.20. The zero-order chi connectivity index (χ0) is 22.2. The number of alkyl halides is 1. The summed E-state index contributed by atoms with van der Waals surface area (Å²) in [4.78, 5) is 28.0. The van der Waals surface area contributed by atoms with Gasteiger partial charge in [0, 0.05) is 59.5 Å². The van der Waals surface area contributed by atoms with Crippen molar-refractivity contribution >= 4 is 17.5 Å². The summed E-state index contributed by atoms with van der Waals surface area (Å²) < 4.78 is 15.4. The summed E-state index contributed by atoms with van der Waals surface area (Å²) in [6.45, 7) is 4.81. The second-order valence-corrected chi connectivity index (χ2v) is 9.42. The normalized spacial score (nSPS) is 30.8. The summed E-state index contributed by atoms with van der Waals surface area (Å²) in [7, 11) is 0. The van der Waals surface area contributed by atoms with Gasteiger partial charge in [0.15, 0.2) is 0 Å². The first kappa shape index (κ1) is 22.5. The van der Waals surface area contributed by atoms with Gasteiger partial charge in [-0.05, 0) is 37.4 Å². The van der Waals surface area contributed by atoms with Crippen molar-refractivity contribution in [3.05, 3.63) is 39.3 Å². The van der Waals surface area contributed by atoms with E-state index in [9.17, 15) is 14.1 Å². The average Bonchev–Trinajstić information content (AvgIpc) is 3.21. The van der Waals surface area contributed by atoms with Gasteiger partial charge in [-0.15, -0.1) is 0 Å². The van der Waals surface area contributed by atoms with Crippen molar-refractivity contribution in [3.63, 3.8) is 0 Å². The summed E-state index contributed by atoms with van der Waals surface area (Å²) in [5.41, 5.74) is 5.76. The van der Waals surface area contributed by atoms with Crippen LogP contribution in [0.25, 0.3) is 0 Å². The van der Waals surface area contributed by atoms with Crippen LogP contribution in [0, 0.1) is 23.7 Å². The maximum atomic E-state index is 14.4. The number of halogens is 2. The zero-order valence-electron chi connectivity index (χ0n) is 17.7. The van der Waals surface area contributed by atoms with Crippen LogP contribution in [-0.4, -0.2) is 73.2 Å². The Kier molecular flexibility index (Phi) is 6.60. The highest BCUT2D eigenvalue weighted by molar-refractivity contribution is 6.31. The number of hydrogen-bond donors (Lipinski definition) is 4. The number of nitrogens with zero attached hydrogens (tertiary/aromatic N) is 2. The third-order valence-electron chi connectivity index (χ3n) is 6.79. The Morgan fingerprint density at radius 2 is 2.23 bits per heavy atom. The van der Waals surface area contributed by atoms with Crippen molar-refractivity contribution < 1.29 is 13.9 Å². The second-order valence-electron chi connectivity index (χ2n) is 9.02. The van der Waals surface area contributed by atoms with Gasteiger partial charge in [0.2, 0.25) is 5.67 Å². The molecule has 31 heavy (non-hydrogen) atoms. The van der Waals surface area contributed by atoms with E-state index in [1.807, 2.05) is 25.1 Å². The van der Waals surface area contributed by atoms with Gasteiger partial charge in [-0.3, -0.25) is 10.1 Å². The fourth-order valence-corrected chi connectivity index (χ4v) is 4.87. The summed E-state index contributed by atoms with van der Waals surface area (Å²) in [6.07, 6.45) is -0.0539. The number of nitroso groups, excluding NO2 is 1. The highest BCUT2D eigenvalue weighted by Gasteiger charge is 2.51. The van der Waals surface area contributed by atoms with E-state index in [0.29, 0.717) is 24.0 Å². The molecule has 0 bridgehead atoms. The molecule has 1 aromatic carbocycles. The van der Waals surface area contributed by atoms with Crippen LogP contribution in [0.4, 0.5) is 4.39 Å². The first-order valence-corrected chi connectivity index (χ1v) is 11.3. The molecule has 10 heteroatoms. The van der Waals surface area contributed by atoms with Gasteiger partial charge in [0.1, 0.15) is 0 Å². The van der Waals surface area contributed by atoms with E-state index in [1.165, 1.54) is 0 Å². The van der Waals surface area contributed by atoms with Gasteiger partial charge in [0.05, 0.1) is 5.92 Å². The number of carbonyl (C=O) groups excluding carboxylic acids is 1. The number of nitrogens with one attached hydrogen (secondary N) is 3. The van der Waals surface area contributed by atoms with E-state index in [1.54, 1.807) is 0 Å². The Hall–Kier alpha value is -1.65. The van der Waals surface area contributed by atoms with Gasteiger partial charge in [0.25, 0.3) is 18.2 Å². The standard InChI is InChI=1S/C21H30ClFN6O2/c1-13-2-3-15(6-17(13)22)18-26-8-16(9-27-20(30)21(23)11-25-12-21)19(29(18)31)28-5-4-14(7-24)10-28/h2-3,6,14,16,18-19,25-26H,4-5,7-12,24H2,1H3/p+1. The van der Waals surface area contributed by atoms with Gasteiger partial charge >= 0.3 is 0 Å². The van der Waals surface area contributed by atoms with E-state index < -0.39 is 23.9 Å².